The van der Waals surface area contributed by atoms with Crippen LogP contribution < -0.4 is 20.9 Å². The normalized spacial score (nSPS) is 26.4. The minimum Gasteiger partial charge on any atom is -0.462 e. The van der Waals surface area contributed by atoms with Crippen molar-refractivity contribution in [2.75, 3.05) is 6.61 Å². The second kappa shape index (κ2) is 11.6. The molecule has 2 heterocycles. The van der Waals surface area contributed by atoms with Crippen LogP contribution in [-0.4, -0.2) is 56.5 Å². The first-order valence-corrected chi connectivity index (χ1v) is 14.2. The van der Waals surface area contributed by atoms with Crippen molar-refractivity contribution in [3.8, 4) is 5.75 Å². The summed E-state index contributed by atoms with van der Waals surface area (Å²) in [6.07, 6.45) is -2.51. The fourth-order valence-corrected chi connectivity index (χ4v) is 6.18. The van der Waals surface area contributed by atoms with E-state index in [2.05, 4.69) is 10.1 Å². The lowest BCUT2D eigenvalue weighted by Gasteiger charge is -2.28. The Morgan fingerprint density at radius 1 is 1.31 bits per heavy atom. The van der Waals surface area contributed by atoms with Crippen molar-refractivity contribution < 1.29 is 28.4 Å². The van der Waals surface area contributed by atoms with Crippen LogP contribution in [0.4, 0.5) is 0 Å². The molecule has 6 atom stereocenters. The number of nitrogens with zero attached hydrogens (tertiary/aromatic N) is 1. The average Bonchev–Trinajstić information content (AvgIpc) is 3.01. The fourth-order valence-electron chi connectivity index (χ4n) is 3.47. The van der Waals surface area contributed by atoms with Gasteiger partial charge in [0.2, 0.25) is 0 Å². The first-order chi connectivity index (χ1) is 16.8. The highest BCUT2D eigenvalue weighted by molar-refractivity contribution is 8.09. The summed E-state index contributed by atoms with van der Waals surface area (Å²) in [6.45, 7) is 2.85. The van der Waals surface area contributed by atoms with Gasteiger partial charge in [0.1, 0.15) is 28.9 Å². The molecule has 14 heteroatoms. The molecule has 1 fully saturated rings. The Morgan fingerprint density at radius 3 is 2.58 bits per heavy atom. The first kappa shape index (κ1) is 28.5. The number of rotatable bonds is 10. The van der Waals surface area contributed by atoms with Gasteiger partial charge < -0.3 is 23.6 Å². The number of H-pyrrole nitrogens is 1. The molecule has 36 heavy (non-hydrogen) atoms. The molecule has 0 bridgehead atoms. The lowest BCUT2D eigenvalue weighted by atomic mass is 10.0. The monoisotopic (exact) mass is 561 g/mol. The van der Waals surface area contributed by atoms with Crippen molar-refractivity contribution in [1.82, 2.24) is 14.6 Å². The molecule has 11 nitrogen and oxygen atoms in total. The summed E-state index contributed by atoms with van der Waals surface area (Å²) in [7, 11) is 0. The third-order valence-electron chi connectivity index (χ3n) is 5.26. The molecule has 6 unspecified atom stereocenters. The summed E-state index contributed by atoms with van der Waals surface area (Å²) >= 11 is 12.2. The lowest BCUT2D eigenvalue weighted by molar-refractivity contribution is -0.149. The number of esters is 1. The third kappa shape index (κ3) is 6.83. The maximum atomic E-state index is 12.4. The number of aliphatic hydroxyl groups is 1. The lowest BCUT2D eigenvalue weighted by Crippen LogP contribution is -2.43. The zero-order chi connectivity index (χ0) is 26.7. The highest BCUT2D eigenvalue weighted by atomic mass is 35.5. The largest absolute Gasteiger partial charge is 0.462 e. The van der Waals surface area contributed by atoms with E-state index in [0.29, 0.717) is 5.75 Å². The predicted octanol–water partition coefficient (Wildman–Crippen LogP) is 2.04. The van der Waals surface area contributed by atoms with Crippen molar-refractivity contribution in [1.29, 1.82) is 0 Å². The Balaban J connectivity index is 1.80. The van der Waals surface area contributed by atoms with Crippen LogP contribution in [0.2, 0.25) is 0 Å². The van der Waals surface area contributed by atoms with Gasteiger partial charge in [-0.25, -0.2) is 9.88 Å². The van der Waals surface area contributed by atoms with E-state index in [-0.39, 0.29) is 12.7 Å². The molecule has 0 saturated carbocycles. The van der Waals surface area contributed by atoms with Crippen LogP contribution >= 0.6 is 18.2 Å². The van der Waals surface area contributed by atoms with Gasteiger partial charge >= 0.3 is 18.3 Å². The number of nitrogens with one attached hydrogen (secondary N) is 2. The van der Waals surface area contributed by atoms with Gasteiger partial charge in [-0.2, -0.15) is 0 Å². The summed E-state index contributed by atoms with van der Waals surface area (Å²) in [4.78, 5) is 36.8. The van der Waals surface area contributed by atoms with Gasteiger partial charge in [0.05, 0.1) is 12.7 Å². The molecular formula is C22H29ClN3O8PS. The Hall–Kier alpha value is -2.05. The molecule has 0 radical (unpaired) electrons. The number of hydrogen-bond donors (Lipinski definition) is 3. The number of alkyl halides is 1. The number of benzene rings is 1. The number of carbonyl (C=O) groups excluding carboxylic acids is 1. The molecule has 198 valence electrons. The number of aromatic nitrogens is 2. The maximum absolute atomic E-state index is 12.4. The summed E-state index contributed by atoms with van der Waals surface area (Å²) in [5.74, 6) is -0.132. The van der Waals surface area contributed by atoms with Gasteiger partial charge in [-0.1, -0.05) is 18.2 Å². The molecule has 0 spiro atoms. The van der Waals surface area contributed by atoms with Crippen molar-refractivity contribution in [2.24, 2.45) is 0 Å². The summed E-state index contributed by atoms with van der Waals surface area (Å²) < 4.78 is 24.1. The molecule has 1 saturated heterocycles. The highest BCUT2D eigenvalue weighted by Crippen LogP contribution is 2.48. The number of hydrogen-bond acceptors (Lipinski definition) is 9. The van der Waals surface area contributed by atoms with Crippen LogP contribution in [0.15, 0.2) is 52.2 Å². The van der Waals surface area contributed by atoms with Crippen molar-refractivity contribution in [2.45, 2.75) is 63.2 Å². The van der Waals surface area contributed by atoms with E-state index in [9.17, 15) is 19.5 Å². The molecule has 0 aliphatic carbocycles. The second-order valence-corrected chi connectivity index (χ2v) is 12.6. The van der Waals surface area contributed by atoms with Crippen LogP contribution in [0.1, 0.15) is 33.9 Å². The van der Waals surface area contributed by atoms with E-state index < -0.39 is 53.2 Å². The van der Waals surface area contributed by atoms with Gasteiger partial charge in [0.25, 0.3) is 5.56 Å². The summed E-state index contributed by atoms with van der Waals surface area (Å²) in [5.41, 5.74) is -1.33. The number of ether oxygens (including phenoxy) is 2. The zero-order valence-electron chi connectivity index (χ0n) is 20.1. The highest BCUT2D eigenvalue weighted by Gasteiger charge is 2.53. The van der Waals surface area contributed by atoms with E-state index in [1.165, 1.54) is 13.1 Å². The predicted molar refractivity (Wildman–Crippen MR) is 137 cm³/mol. The molecule has 1 aliphatic rings. The fraction of sp³-hybridized carbons (Fsp3) is 0.500. The molecule has 2 aromatic rings. The van der Waals surface area contributed by atoms with Crippen LogP contribution in [0.5, 0.6) is 5.75 Å². The van der Waals surface area contributed by atoms with Crippen molar-refractivity contribution >= 4 is 36.0 Å². The van der Waals surface area contributed by atoms with Crippen LogP contribution in [-0.2, 0) is 30.6 Å². The van der Waals surface area contributed by atoms with Gasteiger partial charge in [-0.05, 0) is 51.6 Å². The molecule has 1 aliphatic heterocycles. The van der Waals surface area contributed by atoms with Crippen molar-refractivity contribution in [3.63, 3.8) is 0 Å². The SMILES string of the molecule is CC(C)OC(=O)C(C)NP(=S)(OCC1OC(n2ccc(=O)[nH]c2=O)C(C)(Cl)C1O)Oc1ccccc1. The Kier molecular flexibility index (Phi) is 9.16. The number of halogens is 1. The molecule has 3 rings (SSSR count). The van der Waals surface area contributed by atoms with Crippen molar-refractivity contribution in [3.05, 3.63) is 63.4 Å². The van der Waals surface area contributed by atoms with E-state index in [1.54, 1.807) is 51.1 Å². The first-order valence-electron chi connectivity index (χ1n) is 11.1. The Morgan fingerprint density at radius 2 is 1.97 bits per heavy atom. The number of para-hydroxylation sites is 1. The summed E-state index contributed by atoms with van der Waals surface area (Å²) in [6, 6.07) is 8.94. The number of aromatic amines is 1. The van der Waals surface area contributed by atoms with Gasteiger partial charge in [0, 0.05) is 12.3 Å². The molecule has 3 N–H and O–H groups in total. The Labute approximate surface area is 217 Å². The smallest absolute Gasteiger partial charge is 0.330 e. The van der Waals surface area contributed by atoms with Crippen LogP contribution in [0.25, 0.3) is 0 Å². The van der Waals surface area contributed by atoms with Crippen LogP contribution in [0, 0.1) is 0 Å². The van der Waals surface area contributed by atoms with E-state index in [1.807, 2.05) is 0 Å². The Bertz CT molecular complexity index is 1220. The average molecular weight is 562 g/mol. The minimum absolute atomic E-state index is 0.277. The number of carbonyl (C=O) groups is 1. The summed E-state index contributed by atoms with van der Waals surface area (Å²) in [5, 5.41) is 13.8. The molecule has 1 aromatic heterocycles. The molecule has 0 amide bonds. The third-order valence-corrected chi connectivity index (χ3v) is 8.17. The van der Waals surface area contributed by atoms with Crippen LogP contribution in [0.3, 0.4) is 0 Å². The standard InChI is InChI=1S/C22H29ClN3O8PS/c1-13(2)32-19(29)14(3)25-35(36,34-15-8-6-5-7-9-15)31-12-16-18(28)22(4,23)20(33-16)26-11-10-17(27)24-21(26)30/h5-11,13-14,16,18,20,28H,12H2,1-4H3,(H,25,36)(H,24,27,30). The second-order valence-electron chi connectivity index (χ2n) is 8.67. The van der Waals surface area contributed by atoms with Gasteiger partial charge in [0.15, 0.2) is 6.23 Å². The number of aliphatic hydroxyl groups excluding tert-OH is 1. The minimum atomic E-state index is -3.39. The molecule has 1 aromatic carbocycles. The van der Waals surface area contributed by atoms with Gasteiger partial charge in [-0.3, -0.25) is 19.1 Å². The topological polar surface area (TPSA) is 141 Å². The van der Waals surface area contributed by atoms with E-state index >= 15 is 0 Å². The van der Waals surface area contributed by atoms with E-state index in [0.717, 1.165) is 10.6 Å². The zero-order valence-corrected chi connectivity index (χ0v) is 22.6. The maximum Gasteiger partial charge on any atom is 0.330 e. The molecular weight excluding hydrogens is 533 g/mol. The van der Waals surface area contributed by atoms with Gasteiger partial charge in [-0.15, -0.1) is 11.6 Å². The van der Waals surface area contributed by atoms with E-state index in [4.69, 9.17) is 41.9 Å². The quantitative estimate of drug-likeness (QED) is 0.224.